The average molecular weight is 475 g/mol. The van der Waals surface area contributed by atoms with Crippen molar-refractivity contribution in [3.05, 3.63) is 76.7 Å². The van der Waals surface area contributed by atoms with E-state index in [1.807, 2.05) is 84.0 Å². The number of aromatic hydroxyl groups is 1. The zero-order valence-corrected chi connectivity index (χ0v) is 22.5. The summed E-state index contributed by atoms with van der Waals surface area (Å²) < 4.78 is 22.4. The predicted molar refractivity (Wildman–Crippen MR) is 143 cm³/mol. The van der Waals surface area contributed by atoms with Gasteiger partial charge in [0.2, 0.25) is 0 Å². The first-order valence-electron chi connectivity index (χ1n) is 10.8. The minimum Gasteiger partial charge on any atom is -0.506 e. The standard InChI is InChI=1S/C14H14OS.C9H12O2S.2C2H6/c1-9(2)16-13-8-10(3)11-6-4-5-7-12(11)14(13)15;1-7-4-5-8(2)9(6-7)12(3,10)11;2*1-2/h4-8,15H,1H2,2-3H3;4-6H,1-3H3;2*1-2H3. The van der Waals surface area contributed by atoms with Crippen LogP contribution in [-0.2, 0) is 9.84 Å². The lowest BCUT2D eigenvalue weighted by molar-refractivity contribution is 0.469. The molecule has 0 bridgehead atoms. The van der Waals surface area contributed by atoms with Crippen LogP contribution in [0.4, 0.5) is 0 Å². The maximum Gasteiger partial charge on any atom is 0.175 e. The van der Waals surface area contributed by atoms with Gasteiger partial charge in [0, 0.05) is 11.6 Å². The molecule has 0 aliphatic heterocycles. The number of sulfone groups is 1. The van der Waals surface area contributed by atoms with Gasteiger partial charge in [-0.25, -0.2) is 8.42 Å². The molecule has 5 heteroatoms. The Morgan fingerprint density at radius 3 is 1.88 bits per heavy atom. The van der Waals surface area contributed by atoms with Crippen LogP contribution in [0.1, 0.15) is 51.3 Å². The van der Waals surface area contributed by atoms with Crippen molar-refractivity contribution < 1.29 is 13.5 Å². The van der Waals surface area contributed by atoms with Crippen molar-refractivity contribution in [3.8, 4) is 5.75 Å². The van der Waals surface area contributed by atoms with Crippen molar-refractivity contribution in [1.29, 1.82) is 0 Å². The quantitative estimate of drug-likeness (QED) is 0.388. The third kappa shape index (κ3) is 8.71. The van der Waals surface area contributed by atoms with E-state index in [9.17, 15) is 13.5 Å². The Bertz CT molecular complexity index is 1130. The number of aryl methyl sites for hydroxylation is 3. The first-order chi connectivity index (χ1) is 15.0. The summed E-state index contributed by atoms with van der Waals surface area (Å²) >= 11 is 1.51. The highest BCUT2D eigenvalue weighted by Gasteiger charge is 2.10. The second-order valence-electron chi connectivity index (χ2n) is 6.93. The lowest BCUT2D eigenvalue weighted by Crippen LogP contribution is -2.00. The SMILES string of the molecule is C=C(C)Sc1cc(C)c2ccccc2c1O.CC.CC.Cc1ccc(C)c(S(C)(=O)=O)c1. The summed E-state index contributed by atoms with van der Waals surface area (Å²) in [6.45, 7) is 19.5. The number of hydrogen-bond donors (Lipinski definition) is 1. The van der Waals surface area contributed by atoms with E-state index >= 15 is 0 Å². The van der Waals surface area contributed by atoms with Crippen molar-refractivity contribution >= 4 is 32.4 Å². The number of thioether (sulfide) groups is 1. The molecule has 0 aliphatic carbocycles. The Hall–Kier alpha value is -2.24. The van der Waals surface area contributed by atoms with Crippen LogP contribution in [0, 0.1) is 20.8 Å². The van der Waals surface area contributed by atoms with E-state index in [2.05, 4.69) is 13.5 Å². The van der Waals surface area contributed by atoms with Crippen molar-refractivity contribution in [1.82, 2.24) is 0 Å². The molecule has 32 heavy (non-hydrogen) atoms. The van der Waals surface area contributed by atoms with Gasteiger partial charge in [-0.05, 0) is 66.8 Å². The molecule has 3 nitrogen and oxygen atoms in total. The molecule has 3 aromatic rings. The predicted octanol–water partition coefficient (Wildman–Crippen LogP) is 8.24. The molecule has 3 rings (SSSR count). The first-order valence-corrected chi connectivity index (χ1v) is 13.5. The van der Waals surface area contributed by atoms with E-state index in [4.69, 9.17) is 0 Å². The zero-order chi connectivity index (χ0) is 25.1. The van der Waals surface area contributed by atoms with E-state index < -0.39 is 9.84 Å². The first kappa shape index (κ1) is 29.8. The molecule has 0 heterocycles. The molecule has 0 saturated carbocycles. The molecule has 1 N–H and O–H groups in total. The van der Waals surface area contributed by atoms with Crippen molar-refractivity contribution in [2.24, 2.45) is 0 Å². The lowest BCUT2D eigenvalue weighted by atomic mass is 10.0. The molecular weight excluding hydrogens is 436 g/mol. The Morgan fingerprint density at radius 2 is 1.41 bits per heavy atom. The van der Waals surface area contributed by atoms with Gasteiger partial charge in [0.1, 0.15) is 5.75 Å². The Labute approximate surface area is 199 Å². The molecule has 0 aliphatic rings. The highest BCUT2D eigenvalue weighted by molar-refractivity contribution is 8.03. The van der Waals surface area contributed by atoms with Gasteiger partial charge in [-0.3, -0.25) is 0 Å². The van der Waals surface area contributed by atoms with Crippen LogP contribution >= 0.6 is 11.8 Å². The maximum atomic E-state index is 11.2. The van der Waals surface area contributed by atoms with Crippen molar-refractivity contribution in [2.75, 3.05) is 6.26 Å². The highest BCUT2D eigenvalue weighted by atomic mass is 32.2. The normalized spacial score (nSPS) is 10.0. The molecule has 0 radical (unpaired) electrons. The van der Waals surface area contributed by atoms with E-state index in [0.29, 0.717) is 10.6 Å². The number of phenolic OH excluding ortho intramolecular Hbond substituents is 1. The van der Waals surface area contributed by atoms with Crippen LogP contribution in [0.3, 0.4) is 0 Å². The van der Waals surface area contributed by atoms with Crippen LogP contribution in [0.15, 0.2) is 69.8 Å². The molecule has 0 atom stereocenters. The van der Waals surface area contributed by atoms with E-state index in [0.717, 1.165) is 31.7 Å². The molecular formula is C27H38O3S2. The second-order valence-corrected chi connectivity index (χ2v) is 10.3. The van der Waals surface area contributed by atoms with Crippen LogP contribution in [0.5, 0.6) is 5.75 Å². The average Bonchev–Trinajstić information content (AvgIpc) is 2.76. The molecule has 0 fully saturated rings. The number of fused-ring (bicyclic) bond motifs is 1. The van der Waals surface area contributed by atoms with Crippen molar-refractivity contribution in [3.63, 3.8) is 0 Å². The topological polar surface area (TPSA) is 54.4 Å². The number of benzene rings is 3. The third-order valence-corrected chi connectivity index (χ3v) is 6.33. The summed E-state index contributed by atoms with van der Waals surface area (Å²) in [5, 5.41) is 12.2. The zero-order valence-electron chi connectivity index (χ0n) is 20.9. The van der Waals surface area contributed by atoms with Crippen LogP contribution in [-0.4, -0.2) is 19.8 Å². The van der Waals surface area contributed by atoms with E-state index in [1.54, 1.807) is 13.0 Å². The van der Waals surface area contributed by atoms with Gasteiger partial charge >= 0.3 is 0 Å². The summed E-state index contributed by atoms with van der Waals surface area (Å²) in [6, 6.07) is 15.3. The van der Waals surface area contributed by atoms with Gasteiger partial charge in [0.25, 0.3) is 0 Å². The van der Waals surface area contributed by atoms with E-state index in [1.165, 1.54) is 23.6 Å². The number of phenols is 1. The minimum absolute atomic E-state index is 0.356. The van der Waals surface area contributed by atoms with Gasteiger partial charge in [0.15, 0.2) is 9.84 Å². The minimum atomic E-state index is -3.06. The summed E-state index contributed by atoms with van der Waals surface area (Å²) in [4.78, 5) is 2.29. The maximum absolute atomic E-state index is 11.2. The molecule has 0 spiro atoms. The Morgan fingerprint density at radius 1 is 0.875 bits per heavy atom. The van der Waals surface area contributed by atoms with Crippen LogP contribution < -0.4 is 0 Å². The second kappa shape index (κ2) is 14.0. The van der Waals surface area contributed by atoms with Crippen molar-refractivity contribution in [2.45, 2.75) is 65.2 Å². The van der Waals surface area contributed by atoms with Crippen LogP contribution in [0.25, 0.3) is 10.8 Å². The van der Waals surface area contributed by atoms with Gasteiger partial charge in [-0.1, -0.05) is 82.4 Å². The van der Waals surface area contributed by atoms with Gasteiger partial charge in [0.05, 0.1) is 9.79 Å². The molecule has 176 valence electrons. The molecule has 3 aromatic carbocycles. The number of rotatable bonds is 3. The summed E-state index contributed by atoms with van der Waals surface area (Å²) in [6.07, 6.45) is 1.23. The van der Waals surface area contributed by atoms with Gasteiger partial charge < -0.3 is 5.11 Å². The number of hydrogen-bond acceptors (Lipinski definition) is 4. The Balaban J connectivity index is 0.000000536. The summed E-state index contributed by atoms with van der Waals surface area (Å²) in [5.41, 5.74) is 2.96. The molecule has 0 unspecified atom stereocenters. The molecule has 0 saturated heterocycles. The fourth-order valence-electron chi connectivity index (χ4n) is 2.88. The smallest absolute Gasteiger partial charge is 0.175 e. The van der Waals surface area contributed by atoms with Gasteiger partial charge in [-0.2, -0.15) is 0 Å². The van der Waals surface area contributed by atoms with Crippen LogP contribution in [0.2, 0.25) is 0 Å². The highest BCUT2D eigenvalue weighted by Crippen LogP contribution is 2.39. The summed E-state index contributed by atoms with van der Waals surface area (Å²) in [5.74, 6) is 0.356. The Kier molecular flexibility index (Phi) is 13.0. The molecule has 0 amide bonds. The summed E-state index contributed by atoms with van der Waals surface area (Å²) in [7, 11) is -3.06. The monoisotopic (exact) mass is 474 g/mol. The fourth-order valence-corrected chi connectivity index (χ4v) is 4.75. The third-order valence-electron chi connectivity index (χ3n) is 4.22. The van der Waals surface area contributed by atoms with E-state index in [-0.39, 0.29) is 0 Å². The fraction of sp³-hybridized carbons (Fsp3) is 0.333. The lowest BCUT2D eigenvalue weighted by Gasteiger charge is -2.10. The molecule has 0 aromatic heterocycles. The largest absolute Gasteiger partial charge is 0.506 e. The van der Waals surface area contributed by atoms with Gasteiger partial charge in [-0.15, -0.1) is 0 Å². The number of allylic oxidation sites excluding steroid dienone is 1.